The molecule has 1 aliphatic rings. The second-order valence-corrected chi connectivity index (χ2v) is 6.61. The summed E-state index contributed by atoms with van der Waals surface area (Å²) < 4.78 is 9.21. The van der Waals surface area contributed by atoms with Crippen LogP contribution in [0, 0.1) is 0 Å². The van der Waals surface area contributed by atoms with Gasteiger partial charge in [-0.1, -0.05) is 12.5 Å². The molecule has 0 aromatic carbocycles. The molecular formula is C19H21N5O3. The Labute approximate surface area is 155 Å². The number of amides is 1. The van der Waals surface area contributed by atoms with Crippen LogP contribution >= 0.6 is 0 Å². The zero-order chi connectivity index (χ0) is 18.6. The van der Waals surface area contributed by atoms with Gasteiger partial charge in [-0.3, -0.25) is 9.59 Å². The normalized spacial score (nSPS) is 13.8. The van der Waals surface area contributed by atoms with Crippen LogP contribution in [0.25, 0.3) is 0 Å². The fraction of sp³-hybridized carbons (Fsp3) is 0.368. The van der Waals surface area contributed by atoms with E-state index in [0.29, 0.717) is 12.3 Å². The first-order valence-corrected chi connectivity index (χ1v) is 9.14. The van der Waals surface area contributed by atoms with Crippen molar-refractivity contribution >= 4 is 5.91 Å². The Balaban J connectivity index is 1.40. The Morgan fingerprint density at radius 1 is 1.15 bits per heavy atom. The highest BCUT2D eigenvalue weighted by molar-refractivity contribution is 5.91. The second kappa shape index (κ2) is 7.61. The van der Waals surface area contributed by atoms with Crippen molar-refractivity contribution in [1.82, 2.24) is 24.6 Å². The number of carbonyl (C=O) groups is 1. The topological polar surface area (TPSA) is 95.0 Å². The van der Waals surface area contributed by atoms with Crippen molar-refractivity contribution in [2.75, 3.05) is 0 Å². The lowest BCUT2D eigenvalue weighted by molar-refractivity contribution is 0.0919. The minimum Gasteiger partial charge on any atom is -0.454 e. The third-order valence-electron chi connectivity index (χ3n) is 4.70. The van der Waals surface area contributed by atoms with Gasteiger partial charge in [-0.2, -0.15) is 0 Å². The minimum atomic E-state index is -0.312. The summed E-state index contributed by atoms with van der Waals surface area (Å²) in [6, 6.07) is 8.27. The summed E-state index contributed by atoms with van der Waals surface area (Å²) in [5, 5.41) is 11.3. The number of furan rings is 1. The maximum atomic E-state index is 12.4. The van der Waals surface area contributed by atoms with Crippen LogP contribution < -0.4 is 10.9 Å². The smallest absolute Gasteiger partial charge is 0.287 e. The molecule has 8 heteroatoms. The van der Waals surface area contributed by atoms with Gasteiger partial charge in [0.1, 0.15) is 11.6 Å². The average molecular weight is 367 g/mol. The largest absolute Gasteiger partial charge is 0.454 e. The zero-order valence-corrected chi connectivity index (χ0v) is 14.9. The number of nitrogens with zero attached hydrogens (tertiary/aromatic N) is 4. The Bertz CT molecular complexity index is 1000. The lowest BCUT2D eigenvalue weighted by Crippen LogP contribution is -2.24. The first-order chi connectivity index (χ1) is 13.2. The number of aromatic nitrogens is 4. The molecule has 0 bridgehead atoms. The highest BCUT2D eigenvalue weighted by Crippen LogP contribution is 2.14. The number of aryl methyl sites for hydroxylation is 1. The minimum absolute atomic E-state index is 0.118. The van der Waals surface area contributed by atoms with Gasteiger partial charge in [-0.05, 0) is 31.0 Å². The molecule has 0 radical (unpaired) electrons. The Morgan fingerprint density at radius 2 is 2.07 bits per heavy atom. The summed E-state index contributed by atoms with van der Waals surface area (Å²) in [4.78, 5) is 24.1. The molecule has 0 spiro atoms. The highest BCUT2D eigenvalue weighted by atomic mass is 16.4. The molecule has 1 N–H and O–H groups in total. The summed E-state index contributed by atoms with van der Waals surface area (Å²) in [5.74, 6) is 2.20. The fourth-order valence-electron chi connectivity index (χ4n) is 3.27. The number of hydrogen-bond acceptors (Lipinski definition) is 5. The summed E-state index contributed by atoms with van der Waals surface area (Å²) in [5.41, 5.74) is -0.118. The predicted octanol–water partition coefficient (Wildman–Crippen LogP) is 1.74. The monoisotopic (exact) mass is 367 g/mol. The first kappa shape index (κ1) is 17.3. The molecule has 4 heterocycles. The molecule has 1 aliphatic heterocycles. The van der Waals surface area contributed by atoms with E-state index in [1.165, 1.54) is 17.1 Å². The molecule has 0 fully saturated rings. The number of rotatable bonds is 5. The van der Waals surface area contributed by atoms with Gasteiger partial charge in [-0.25, -0.2) is 0 Å². The Morgan fingerprint density at radius 3 is 2.96 bits per heavy atom. The maximum Gasteiger partial charge on any atom is 0.287 e. The quantitative estimate of drug-likeness (QED) is 0.741. The fourth-order valence-corrected chi connectivity index (χ4v) is 3.27. The zero-order valence-electron chi connectivity index (χ0n) is 14.9. The summed E-state index contributed by atoms with van der Waals surface area (Å²) in [7, 11) is 0. The Kier molecular flexibility index (Phi) is 4.86. The van der Waals surface area contributed by atoms with Crippen LogP contribution in [-0.4, -0.2) is 25.2 Å². The molecule has 0 atom stereocenters. The van der Waals surface area contributed by atoms with E-state index in [1.54, 1.807) is 30.5 Å². The molecule has 1 amide bonds. The van der Waals surface area contributed by atoms with Crippen molar-refractivity contribution in [2.24, 2.45) is 0 Å². The van der Waals surface area contributed by atoms with Crippen molar-refractivity contribution in [1.29, 1.82) is 0 Å². The highest BCUT2D eigenvalue weighted by Gasteiger charge is 2.17. The Hall–Kier alpha value is -3.16. The van der Waals surface area contributed by atoms with Crippen molar-refractivity contribution in [3.63, 3.8) is 0 Å². The van der Waals surface area contributed by atoms with Gasteiger partial charge < -0.3 is 18.9 Å². The SMILES string of the molecule is O=C(NCc1nnc2n1CCCCC2)c1ccc(Cn2ccccc2=O)o1. The van der Waals surface area contributed by atoms with Gasteiger partial charge in [0, 0.05) is 25.2 Å². The summed E-state index contributed by atoms with van der Waals surface area (Å²) >= 11 is 0. The molecule has 140 valence electrons. The number of hydrogen-bond donors (Lipinski definition) is 1. The third kappa shape index (κ3) is 3.84. The van der Waals surface area contributed by atoms with Crippen molar-refractivity contribution in [3.05, 3.63) is 70.1 Å². The molecular weight excluding hydrogens is 346 g/mol. The van der Waals surface area contributed by atoms with E-state index in [-0.39, 0.29) is 23.8 Å². The number of carbonyl (C=O) groups excluding carboxylic acids is 1. The molecule has 0 aliphatic carbocycles. The molecule has 27 heavy (non-hydrogen) atoms. The van der Waals surface area contributed by atoms with Gasteiger partial charge in [0.15, 0.2) is 11.6 Å². The average Bonchev–Trinajstić information content (AvgIpc) is 3.22. The van der Waals surface area contributed by atoms with Crippen molar-refractivity contribution < 1.29 is 9.21 Å². The second-order valence-electron chi connectivity index (χ2n) is 6.61. The summed E-state index contributed by atoms with van der Waals surface area (Å²) in [6.45, 7) is 1.48. The van der Waals surface area contributed by atoms with Crippen LogP contribution in [0.2, 0.25) is 0 Å². The van der Waals surface area contributed by atoms with Crippen LogP contribution in [0.3, 0.4) is 0 Å². The van der Waals surface area contributed by atoms with Crippen LogP contribution in [0.15, 0.2) is 45.7 Å². The molecule has 0 unspecified atom stereocenters. The maximum absolute atomic E-state index is 12.4. The first-order valence-electron chi connectivity index (χ1n) is 9.14. The number of fused-ring (bicyclic) bond motifs is 1. The third-order valence-corrected chi connectivity index (χ3v) is 4.70. The lowest BCUT2D eigenvalue weighted by Gasteiger charge is -2.07. The lowest BCUT2D eigenvalue weighted by atomic mass is 10.2. The molecule has 8 nitrogen and oxygen atoms in total. The van der Waals surface area contributed by atoms with Crippen molar-refractivity contribution in [3.8, 4) is 0 Å². The molecule has 3 aromatic heterocycles. The van der Waals surface area contributed by atoms with Crippen LogP contribution in [-0.2, 0) is 26.1 Å². The molecule has 4 rings (SSSR count). The van der Waals surface area contributed by atoms with Crippen LogP contribution in [0.4, 0.5) is 0 Å². The summed E-state index contributed by atoms with van der Waals surface area (Å²) in [6.07, 6.45) is 6.04. The van der Waals surface area contributed by atoms with Crippen LogP contribution in [0.5, 0.6) is 0 Å². The standard InChI is InChI=1S/C19H21N5O3/c25-18-7-3-5-10-23(18)13-14-8-9-15(27-14)19(26)20-12-17-22-21-16-6-2-1-4-11-24(16)17/h3,5,7-10H,1-2,4,6,11-13H2,(H,20,26). The molecule has 3 aromatic rings. The van der Waals surface area contributed by atoms with E-state index < -0.39 is 0 Å². The van der Waals surface area contributed by atoms with E-state index in [0.717, 1.165) is 37.5 Å². The van der Waals surface area contributed by atoms with Gasteiger partial charge in [-0.15, -0.1) is 10.2 Å². The number of pyridine rings is 1. The molecule has 0 saturated heterocycles. The van der Waals surface area contributed by atoms with E-state index in [2.05, 4.69) is 20.1 Å². The van der Waals surface area contributed by atoms with Gasteiger partial charge in [0.05, 0.1) is 13.1 Å². The van der Waals surface area contributed by atoms with E-state index >= 15 is 0 Å². The van der Waals surface area contributed by atoms with Crippen molar-refractivity contribution in [2.45, 2.75) is 45.3 Å². The van der Waals surface area contributed by atoms with Gasteiger partial charge >= 0.3 is 0 Å². The van der Waals surface area contributed by atoms with Gasteiger partial charge in [0.25, 0.3) is 11.5 Å². The molecule has 0 saturated carbocycles. The van der Waals surface area contributed by atoms with Gasteiger partial charge in [0.2, 0.25) is 0 Å². The van der Waals surface area contributed by atoms with Crippen LogP contribution in [0.1, 0.15) is 47.2 Å². The number of nitrogens with one attached hydrogen (secondary N) is 1. The predicted molar refractivity (Wildman–Crippen MR) is 97.3 cm³/mol. The van der Waals surface area contributed by atoms with E-state index in [9.17, 15) is 9.59 Å². The van der Waals surface area contributed by atoms with E-state index in [1.807, 2.05) is 0 Å². The van der Waals surface area contributed by atoms with E-state index in [4.69, 9.17) is 4.42 Å².